The van der Waals surface area contributed by atoms with Crippen LogP contribution in [0.15, 0.2) is 24.3 Å². The fourth-order valence-electron chi connectivity index (χ4n) is 4.06. The average molecular weight is 327 g/mol. The molecule has 0 saturated heterocycles. The van der Waals surface area contributed by atoms with E-state index in [9.17, 15) is 0 Å². The number of hydrogen-bond acceptors (Lipinski definition) is 0. The lowest BCUT2D eigenvalue weighted by Crippen LogP contribution is -1.97. The molecule has 0 amide bonds. The largest absolute Gasteiger partial charge is 0.0620 e. The van der Waals surface area contributed by atoms with Gasteiger partial charge in [-0.3, -0.25) is 0 Å². The molecule has 0 spiro atoms. The van der Waals surface area contributed by atoms with Crippen molar-refractivity contribution >= 4 is 0 Å². The van der Waals surface area contributed by atoms with E-state index in [2.05, 4.69) is 38.1 Å². The second kappa shape index (κ2) is 8.07. The lowest BCUT2D eigenvalue weighted by molar-refractivity contribution is 0.473. The second-order valence-corrected chi connectivity index (χ2v) is 9.51. The molecule has 0 bridgehead atoms. The molecule has 2 saturated carbocycles. The molecule has 0 nitrogen and oxygen atoms in total. The van der Waals surface area contributed by atoms with Crippen LogP contribution in [-0.2, 0) is 12.8 Å². The fraction of sp³-hybridized carbons (Fsp3) is 0.750. The Balaban J connectivity index is 1.31. The van der Waals surface area contributed by atoms with E-state index in [1.807, 2.05) is 0 Å². The van der Waals surface area contributed by atoms with Crippen LogP contribution in [0, 0.1) is 10.8 Å². The summed E-state index contributed by atoms with van der Waals surface area (Å²) in [5, 5.41) is 0. The Morgan fingerprint density at radius 2 is 1.04 bits per heavy atom. The van der Waals surface area contributed by atoms with Gasteiger partial charge in [-0.05, 0) is 86.2 Å². The zero-order valence-corrected chi connectivity index (χ0v) is 16.2. The first-order chi connectivity index (χ1) is 11.6. The second-order valence-electron chi connectivity index (χ2n) is 9.51. The third kappa shape index (κ3) is 5.94. The van der Waals surface area contributed by atoms with Crippen LogP contribution in [0.2, 0.25) is 0 Å². The molecule has 0 heteroatoms. The molecule has 0 unspecified atom stereocenters. The first-order valence-corrected chi connectivity index (χ1v) is 10.7. The van der Waals surface area contributed by atoms with Gasteiger partial charge in [-0.2, -0.15) is 0 Å². The third-order valence-corrected chi connectivity index (χ3v) is 6.78. The highest BCUT2D eigenvalue weighted by molar-refractivity contribution is 5.27. The molecule has 0 radical (unpaired) electrons. The summed E-state index contributed by atoms with van der Waals surface area (Å²) in [6.07, 6.45) is 19.9. The Labute approximate surface area is 150 Å². The molecule has 0 aliphatic heterocycles. The molecule has 1 aromatic carbocycles. The van der Waals surface area contributed by atoms with E-state index in [0.29, 0.717) is 0 Å². The van der Waals surface area contributed by atoms with E-state index in [1.54, 1.807) is 11.1 Å². The highest BCUT2D eigenvalue weighted by Gasteiger charge is 2.36. The summed E-state index contributed by atoms with van der Waals surface area (Å²) in [4.78, 5) is 0. The number of unbranched alkanes of at least 4 members (excludes halogenated alkanes) is 4. The van der Waals surface area contributed by atoms with Crippen molar-refractivity contribution in [3.05, 3.63) is 35.4 Å². The van der Waals surface area contributed by atoms with Crippen molar-refractivity contribution in [3.8, 4) is 0 Å². The summed E-state index contributed by atoms with van der Waals surface area (Å²) in [5.74, 6) is 0. The Hall–Kier alpha value is -0.780. The maximum absolute atomic E-state index is 2.46. The molecule has 2 aliphatic rings. The van der Waals surface area contributed by atoms with Gasteiger partial charge in [0.15, 0.2) is 0 Å². The molecule has 0 aromatic heterocycles. The van der Waals surface area contributed by atoms with E-state index in [4.69, 9.17) is 0 Å². The average Bonchev–Trinajstić information content (AvgIpc) is 3.48. The molecule has 24 heavy (non-hydrogen) atoms. The Morgan fingerprint density at radius 3 is 1.42 bits per heavy atom. The van der Waals surface area contributed by atoms with Gasteiger partial charge in [0.25, 0.3) is 0 Å². The van der Waals surface area contributed by atoms with Gasteiger partial charge in [-0.15, -0.1) is 0 Å². The van der Waals surface area contributed by atoms with Gasteiger partial charge in [-0.1, -0.05) is 63.8 Å². The summed E-state index contributed by atoms with van der Waals surface area (Å²) in [6, 6.07) is 9.22. The number of aryl methyl sites for hydroxylation is 2. The summed E-state index contributed by atoms with van der Waals surface area (Å²) in [5.41, 5.74) is 4.75. The minimum atomic E-state index is 0.745. The molecule has 0 atom stereocenters. The van der Waals surface area contributed by atoms with Gasteiger partial charge in [-0.25, -0.2) is 0 Å². The van der Waals surface area contributed by atoms with Crippen LogP contribution < -0.4 is 0 Å². The van der Waals surface area contributed by atoms with Crippen molar-refractivity contribution in [1.29, 1.82) is 0 Å². The molecular weight excluding hydrogens is 288 g/mol. The quantitative estimate of drug-likeness (QED) is 0.349. The van der Waals surface area contributed by atoms with E-state index >= 15 is 0 Å². The minimum Gasteiger partial charge on any atom is -0.0620 e. The lowest BCUT2D eigenvalue weighted by Gasteiger charge is -2.11. The first kappa shape index (κ1) is 18.0. The minimum absolute atomic E-state index is 0.745. The van der Waals surface area contributed by atoms with Crippen LogP contribution in [-0.4, -0.2) is 0 Å². The van der Waals surface area contributed by atoms with Gasteiger partial charge in [0, 0.05) is 0 Å². The highest BCUT2D eigenvalue weighted by atomic mass is 14.4. The number of benzene rings is 1. The maximum atomic E-state index is 2.46. The molecule has 0 heterocycles. The fourth-order valence-corrected chi connectivity index (χ4v) is 4.06. The van der Waals surface area contributed by atoms with Crippen LogP contribution in [0.5, 0.6) is 0 Å². The summed E-state index contributed by atoms with van der Waals surface area (Å²) < 4.78 is 0. The summed E-state index contributed by atoms with van der Waals surface area (Å²) >= 11 is 0. The van der Waals surface area contributed by atoms with E-state index < -0.39 is 0 Å². The predicted molar refractivity (Wildman–Crippen MR) is 105 cm³/mol. The van der Waals surface area contributed by atoms with Crippen molar-refractivity contribution < 1.29 is 0 Å². The molecular formula is C24H38. The van der Waals surface area contributed by atoms with Crippen molar-refractivity contribution in [2.75, 3.05) is 0 Å². The third-order valence-electron chi connectivity index (χ3n) is 6.78. The standard InChI is InChI=1S/C24H38/c1-23(17-18-23)15-9-3-5-11-21-13-7-8-14-22(21)12-6-4-10-16-24(2)19-20-24/h7-8,13-14H,3-6,9-12,15-20H2,1-2H3. The molecule has 0 N–H and O–H groups in total. The Kier molecular flexibility index (Phi) is 6.06. The number of rotatable bonds is 12. The Bertz CT molecular complexity index is 458. The molecule has 1 aromatic rings. The first-order valence-electron chi connectivity index (χ1n) is 10.7. The van der Waals surface area contributed by atoms with Gasteiger partial charge in [0.05, 0.1) is 0 Å². The van der Waals surface area contributed by atoms with Gasteiger partial charge in [0.1, 0.15) is 0 Å². The van der Waals surface area contributed by atoms with Crippen LogP contribution in [0.3, 0.4) is 0 Å². The van der Waals surface area contributed by atoms with Gasteiger partial charge < -0.3 is 0 Å². The summed E-state index contributed by atoms with van der Waals surface area (Å²) in [7, 11) is 0. The van der Waals surface area contributed by atoms with Crippen LogP contribution in [0.4, 0.5) is 0 Å². The van der Waals surface area contributed by atoms with Crippen molar-refractivity contribution in [2.45, 2.75) is 104 Å². The topological polar surface area (TPSA) is 0 Å². The molecule has 134 valence electrons. The van der Waals surface area contributed by atoms with E-state index in [-0.39, 0.29) is 0 Å². The van der Waals surface area contributed by atoms with Crippen LogP contribution in [0.25, 0.3) is 0 Å². The van der Waals surface area contributed by atoms with E-state index in [0.717, 1.165) is 10.8 Å². The van der Waals surface area contributed by atoms with E-state index in [1.165, 1.54) is 89.9 Å². The van der Waals surface area contributed by atoms with Gasteiger partial charge in [0.2, 0.25) is 0 Å². The predicted octanol–water partition coefficient (Wildman–Crippen LogP) is 7.49. The smallest absolute Gasteiger partial charge is 0.0276 e. The molecule has 3 rings (SSSR count). The normalized spacial score (nSPS) is 20.1. The van der Waals surface area contributed by atoms with Crippen LogP contribution >= 0.6 is 0 Å². The number of hydrogen-bond donors (Lipinski definition) is 0. The zero-order chi connectivity index (χ0) is 16.9. The van der Waals surface area contributed by atoms with Crippen molar-refractivity contribution in [3.63, 3.8) is 0 Å². The molecule has 2 aliphatic carbocycles. The summed E-state index contributed by atoms with van der Waals surface area (Å²) in [6.45, 7) is 4.93. The lowest BCUT2D eigenvalue weighted by atomic mass is 9.94. The SMILES string of the molecule is CC1(CCCCCc2ccccc2CCCCCC2(C)CC2)CC1. The maximum Gasteiger partial charge on any atom is -0.0276 e. The monoisotopic (exact) mass is 326 g/mol. The van der Waals surface area contributed by atoms with Gasteiger partial charge >= 0.3 is 0 Å². The van der Waals surface area contributed by atoms with Crippen LogP contribution in [0.1, 0.15) is 102 Å². The molecule has 2 fully saturated rings. The zero-order valence-electron chi connectivity index (χ0n) is 16.2. The van der Waals surface area contributed by atoms with Crippen molar-refractivity contribution in [2.24, 2.45) is 10.8 Å². The van der Waals surface area contributed by atoms with Crippen molar-refractivity contribution in [1.82, 2.24) is 0 Å². The Morgan fingerprint density at radius 1 is 0.625 bits per heavy atom. The highest BCUT2D eigenvalue weighted by Crippen LogP contribution is 2.49.